The molecule has 0 fully saturated rings. The number of aryl methyl sites for hydroxylation is 2. The van der Waals surface area contributed by atoms with Crippen molar-refractivity contribution < 1.29 is 9.21 Å². The molecule has 27 heavy (non-hydrogen) atoms. The number of aromatic nitrogens is 3. The standard InChI is InChI=1S/C19H16N4O4/c1-23-15-10-11(6-8-16(15)27-19(23)26)20-17(24)9-7-14-18(25)22-13-5-3-2-4-12(13)21-14/h2-6,8,10H,7,9H2,1H3,(H,20,24)(H,22,25). The van der Waals surface area contributed by atoms with E-state index in [1.54, 1.807) is 37.4 Å². The van der Waals surface area contributed by atoms with Crippen LogP contribution in [-0.4, -0.2) is 20.4 Å². The number of benzene rings is 2. The second-order valence-electron chi connectivity index (χ2n) is 6.19. The summed E-state index contributed by atoms with van der Waals surface area (Å²) in [6.07, 6.45) is 0.329. The molecule has 4 aromatic rings. The molecule has 4 rings (SSSR count). The molecule has 136 valence electrons. The first-order valence-electron chi connectivity index (χ1n) is 8.38. The van der Waals surface area contributed by atoms with Gasteiger partial charge in [-0.05, 0) is 30.3 Å². The highest BCUT2D eigenvalue weighted by molar-refractivity contribution is 5.92. The van der Waals surface area contributed by atoms with E-state index in [2.05, 4.69) is 15.3 Å². The molecule has 1 amide bonds. The molecule has 0 aliphatic heterocycles. The van der Waals surface area contributed by atoms with E-state index >= 15 is 0 Å². The summed E-state index contributed by atoms with van der Waals surface area (Å²) >= 11 is 0. The summed E-state index contributed by atoms with van der Waals surface area (Å²) in [7, 11) is 1.59. The number of aromatic amines is 1. The topological polar surface area (TPSA) is 110 Å². The van der Waals surface area contributed by atoms with E-state index in [0.717, 1.165) is 0 Å². The highest BCUT2D eigenvalue weighted by atomic mass is 16.4. The van der Waals surface area contributed by atoms with Crippen LogP contribution in [0.15, 0.2) is 56.5 Å². The summed E-state index contributed by atoms with van der Waals surface area (Å²) in [5.41, 5.74) is 2.95. The van der Waals surface area contributed by atoms with Crippen molar-refractivity contribution in [3.63, 3.8) is 0 Å². The van der Waals surface area contributed by atoms with E-state index in [1.165, 1.54) is 4.57 Å². The number of carbonyl (C=O) groups is 1. The van der Waals surface area contributed by atoms with Crippen molar-refractivity contribution in [1.29, 1.82) is 0 Å². The number of fused-ring (bicyclic) bond motifs is 2. The lowest BCUT2D eigenvalue weighted by Gasteiger charge is -2.06. The van der Waals surface area contributed by atoms with E-state index in [9.17, 15) is 14.4 Å². The zero-order valence-corrected chi connectivity index (χ0v) is 14.5. The normalized spacial score (nSPS) is 11.1. The maximum absolute atomic E-state index is 12.2. The quantitative estimate of drug-likeness (QED) is 0.575. The van der Waals surface area contributed by atoms with Crippen LogP contribution in [0.4, 0.5) is 5.69 Å². The summed E-state index contributed by atoms with van der Waals surface area (Å²) in [6.45, 7) is 0. The molecule has 0 radical (unpaired) electrons. The molecule has 2 heterocycles. The SMILES string of the molecule is Cn1c(=O)oc2ccc(NC(=O)CCc3nc4ccccc4[nH]c3=O)cc21. The van der Waals surface area contributed by atoms with Gasteiger partial charge in [0.15, 0.2) is 5.58 Å². The van der Waals surface area contributed by atoms with Crippen LogP contribution in [0.25, 0.3) is 22.1 Å². The van der Waals surface area contributed by atoms with E-state index < -0.39 is 5.76 Å². The minimum Gasteiger partial charge on any atom is -0.408 e. The smallest absolute Gasteiger partial charge is 0.408 e. The van der Waals surface area contributed by atoms with Gasteiger partial charge in [0.1, 0.15) is 5.69 Å². The number of nitrogens with one attached hydrogen (secondary N) is 2. The number of oxazole rings is 1. The fourth-order valence-electron chi connectivity index (χ4n) is 2.90. The third kappa shape index (κ3) is 3.24. The number of hydrogen-bond acceptors (Lipinski definition) is 5. The lowest BCUT2D eigenvalue weighted by Crippen LogP contribution is -2.19. The van der Waals surface area contributed by atoms with Gasteiger partial charge >= 0.3 is 5.76 Å². The third-order valence-corrected chi connectivity index (χ3v) is 4.33. The molecule has 8 heteroatoms. The van der Waals surface area contributed by atoms with Crippen LogP contribution in [0.3, 0.4) is 0 Å². The van der Waals surface area contributed by atoms with Gasteiger partial charge in [0.05, 0.1) is 16.6 Å². The molecular weight excluding hydrogens is 348 g/mol. The fraction of sp³-hybridized carbons (Fsp3) is 0.158. The number of carbonyl (C=O) groups excluding carboxylic acids is 1. The molecular formula is C19H16N4O4. The second kappa shape index (κ2) is 6.56. The number of amides is 1. The lowest BCUT2D eigenvalue weighted by atomic mass is 10.2. The minimum atomic E-state index is -0.463. The van der Waals surface area contributed by atoms with Crippen LogP contribution in [0, 0.1) is 0 Å². The minimum absolute atomic E-state index is 0.108. The van der Waals surface area contributed by atoms with Gasteiger partial charge in [-0.25, -0.2) is 9.78 Å². The Morgan fingerprint density at radius 3 is 2.89 bits per heavy atom. The van der Waals surface area contributed by atoms with Crippen LogP contribution in [0.5, 0.6) is 0 Å². The van der Waals surface area contributed by atoms with Crippen LogP contribution < -0.4 is 16.6 Å². The number of anilines is 1. The van der Waals surface area contributed by atoms with E-state index in [0.29, 0.717) is 33.5 Å². The average molecular weight is 364 g/mol. The van der Waals surface area contributed by atoms with Gasteiger partial charge in [-0.15, -0.1) is 0 Å². The molecule has 2 aromatic heterocycles. The third-order valence-electron chi connectivity index (χ3n) is 4.33. The van der Waals surface area contributed by atoms with Crippen molar-refractivity contribution in [3.8, 4) is 0 Å². The molecule has 0 aliphatic carbocycles. The predicted molar refractivity (Wildman–Crippen MR) is 101 cm³/mol. The Balaban J connectivity index is 1.48. The van der Waals surface area contributed by atoms with Crippen molar-refractivity contribution in [2.45, 2.75) is 12.8 Å². The molecule has 0 bridgehead atoms. The van der Waals surface area contributed by atoms with E-state index in [-0.39, 0.29) is 24.3 Å². The predicted octanol–water partition coefficient (Wildman–Crippen LogP) is 1.94. The maximum Gasteiger partial charge on any atom is 0.419 e. The van der Waals surface area contributed by atoms with Crippen molar-refractivity contribution >= 4 is 33.7 Å². The number of nitrogens with zero attached hydrogens (tertiary/aromatic N) is 2. The van der Waals surface area contributed by atoms with Gasteiger partial charge in [0, 0.05) is 25.6 Å². The first-order valence-corrected chi connectivity index (χ1v) is 8.38. The van der Waals surface area contributed by atoms with Crippen molar-refractivity contribution in [2.75, 3.05) is 5.32 Å². The Morgan fingerprint density at radius 1 is 1.22 bits per heavy atom. The fourth-order valence-corrected chi connectivity index (χ4v) is 2.90. The van der Waals surface area contributed by atoms with Gasteiger partial charge < -0.3 is 14.7 Å². The average Bonchev–Trinajstić information content (AvgIpc) is 2.94. The maximum atomic E-state index is 12.2. The van der Waals surface area contributed by atoms with Crippen molar-refractivity contribution in [2.24, 2.45) is 7.05 Å². The van der Waals surface area contributed by atoms with Gasteiger partial charge in [-0.3, -0.25) is 14.2 Å². The molecule has 2 N–H and O–H groups in total. The van der Waals surface area contributed by atoms with Crippen molar-refractivity contribution in [1.82, 2.24) is 14.5 Å². The Kier molecular flexibility index (Phi) is 4.08. The zero-order valence-electron chi connectivity index (χ0n) is 14.5. The largest absolute Gasteiger partial charge is 0.419 e. The Bertz CT molecular complexity index is 1280. The van der Waals surface area contributed by atoms with Gasteiger partial charge in [-0.1, -0.05) is 12.1 Å². The van der Waals surface area contributed by atoms with Gasteiger partial charge in [-0.2, -0.15) is 0 Å². The van der Waals surface area contributed by atoms with Crippen LogP contribution in [-0.2, 0) is 18.3 Å². The van der Waals surface area contributed by atoms with Crippen LogP contribution in [0.1, 0.15) is 12.1 Å². The summed E-state index contributed by atoms with van der Waals surface area (Å²) in [6, 6.07) is 12.2. The first-order chi connectivity index (χ1) is 13.0. The van der Waals surface area contributed by atoms with E-state index in [1.807, 2.05) is 12.1 Å². The molecule has 2 aromatic carbocycles. The van der Waals surface area contributed by atoms with Crippen LogP contribution >= 0.6 is 0 Å². The second-order valence-corrected chi connectivity index (χ2v) is 6.19. The monoisotopic (exact) mass is 364 g/mol. The molecule has 0 spiro atoms. The van der Waals surface area contributed by atoms with Crippen LogP contribution in [0.2, 0.25) is 0 Å². The highest BCUT2D eigenvalue weighted by Crippen LogP contribution is 2.18. The Morgan fingerprint density at radius 2 is 2.04 bits per heavy atom. The number of H-pyrrole nitrogens is 1. The highest BCUT2D eigenvalue weighted by Gasteiger charge is 2.11. The Hall–Kier alpha value is -3.68. The number of rotatable bonds is 4. The molecule has 0 atom stereocenters. The summed E-state index contributed by atoms with van der Waals surface area (Å²) in [4.78, 5) is 43.0. The summed E-state index contributed by atoms with van der Waals surface area (Å²) in [5, 5.41) is 2.76. The van der Waals surface area contributed by atoms with Gasteiger partial charge in [0.25, 0.3) is 5.56 Å². The Labute approximate surface area is 152 Å². The number of para-hydroxylation sites is 2. The lowest BCUT2D eigenvalue weighted by molar-refractivity contribution is -0.116. The molecule has 8 nitrogen and oxygen atoms in total. The summed E-state index contributed by atoms with van der Waals surface area (Å²) < 4.78 is 6.43. The molecule has 0 aliphatic rings. The van der Waals surface area contributed by atoms with E-state index in [4.69, 9.17) is 4.42 Å². The van der Waals surface area contributed by atoms with Gasteiger partial charge in [0.2, 0.25) is 5.91 Å². The number of hydrogen-bond donors (Lipinski definition) is 2. The zero-order chi connectivity index (χ0) is 19.0. The first kappa shape index (κ1) is 16.8. The summed E-state index contributed by atoms with van der Waals surface area (Å²) in [5.74, 6) is -0.715. The molecule has 0 unspecified atom stereocenters. The molecule has 0 saturated heterocycles. The van der Waals surface area contributed by atoms with Crippen molar-refractivity contribution in [3.05, 3.63) is 69.1 Å². The molecule has 0 saturated carbocycles.